The summed E-state index contributed by atoms with van der Waals surface area (Å²) in [7, 11) is 0. The van der Waals surface area contributed by atoms with Crippen LogP contribution in [0, 0.1) is 0 Å². The van der Waals surface area contributed by atoms with Crippen molar-refractivity contribution in [1.82, 2.24) is 10.2 Å². The van der Waals surface area contributed by atoms with Crippen LogP contribution in [0.15, 0.2) is 8.68 Å². The van der Waals surface area contributed by atoms with Crippen LogP contribution in [0.4, 0.5) is 0 Å². The first-order valence-electron chi connectivity index (χ1n) is 6.72. The van der Waals surface area contributed by atoms with Crippen LogP contribution in [0.5, 0.6) is 0 Å². The quantitative estimate of drug-likeness (QED) is 0.751. The molecule has 2 aliphatic rings. The Labute approximate surface area is 126 Å². The maximum Gasteiger partial charge on any atom is 0.175 e. The normalized spacial score (nSPS) is 27.2. The van der Waals surface area contributed by atoms with Crippen LogP contribution in [-0.4, -0.2) is 47.1 Å². The third kappa shape index (κ3) is 4.32. The maximum atomic E-state index is 5.61. The van der Waals surface area contributed by atoms with Crippen molar-refractivity contribution in [1.29, 1.82) is 0 Å². The zero-order valence-electron chi connectivity index (χ0n) is 10.7. The number of aromatic nitrogens is 2. The zero-order chi connectivity index (χ0) is 12.9. The Morgan fingerprint density at radius 3 is 1.89 bits per heavy atom. The number of hydrogen-bond acceptors (Lipinski definition) is 7. The lowest BCUT2D eigenvalue weighted by atomic mass is 10.3. The minimum absolute atomic E-state index is 0.414. The van der Waals surface area contributed by atoms with Gasteiger partial charge in [0.1, 0.15) is 0 Å². The first-order valence-corrected chi connectivity index (χ1v) is 9.51. The van der Waals surface area contributed by atoms with Crippen molar-refractivity contribution in [2.24, 2.45) is 0 Å². The molecule has 4 nitrogen and oxygen atoms in total. The molecule has 0 aromatic carbocycles. The number of rotatable bonds is 6. The molecule has 1 aromatic rings. The maximum absolute atomic E-state index is 5.61. The fourth-order valence-electron chi connectivity index (χ4n) is 2.19. The minimum atomic E-state index is 0.414. The summed E-state index contributed by atoms with van der Waals surface area (Å²) in [6.07, 6.45) is 5.60. The highest BCUT2D eigenvalue weighted by molar-refractivity contribution is 8.03. The highest BCUT2D eigenvalue weighted by Crippen LogP contribution is 2.32. The molecule has 0 aliphatic carbocycles. The van der Waals surface area contributed by atoms with E-state index >= 15 is 0 Å². The Hall–Kier alpha value is 0.180. The molecule has 0 spiro atoms. The lowest BCUT2D eigenvalue weighted by Gasteiger charge is -2.06. The van der Waals surface area contributed by atoms with Gasteiger partial charge in [-0.05, 0) is 25.7 Å². The average Bonchev–Trinajstić information content (AvgIpc) is 3.16. The largest absolute Gasteiger partial charge is 0.377 e. The molecule has 0 N–H and O–H groups in total. The first-order chi connectivity index (χ1) is 9.40. The summed E-state index contributed by atoms with van der Waals surface area (Å²) in [4.78, 5) is 0. The van der Waals surface area contributed by atoms with Crippen LogP contribution < -0.4 is 0 Å². The number of thioether (sulfide) groups is 2. The van der Waals surface area contributed by atoms with Crippen LogP contribution in [0.2, 0.25) is 0 Å². The van der Waals surface area contributed by atoms with Crippen LogP contribution in [0.25, 0.3) is 0 Å². The Bertz CT molecular complexity index is 356. The fraction of sp³-hybridized carbons (Fsp3) is 0.833. The van der Waals surface area contributed by atoms with E-state index in [1.54, 1.807) is 34.9 Å². The highest BCUT2D eigenvalue weighted by atomic mass is 32.2. The van der Waals surface area contributed by atoms with Crippen LogP contribution in [-0.2, 0) is 9.47 Å². The molecule has 2 unspecified atom stereocenters. The molecular weight excluding hydrogens is 300 g/mol. The molecular formula is C12H18N2O2S3. The summed E-state index contributed by atoms with van der Waals surface area (Å²) in [6, 6.07) is 0. The van der Waals surface area contributed by atoms with E-state index in [2.05, 4.69) is 10.2 Å². The Morgan fingerprint density at radius 2 is 1.47 bits per heavy atom. The van der Waals surface area contributed by atoms with Crippen LogP contribution >= 0.6 is 34.9 Å². The van der Waals surface area contributed by atoms with Crippen molar-refractivity contribution in [3.63, 3.8) is 0 Å². The third-order valence-corrected chi connectivity index (χ3v) is 6.68. The molecule has 106 valence electrons. The average molecular weight is 318 g/mol. The summed E-state index contributed by atoms with van der Waals surface area (Å²) in [5, 5.41) is 8.47. The van der Waals surface area contributed by atoms with E-state index in [-0.39, 0.29) is 0 Å². The number of hydrogen-bond donors (Lipinski definition) is 0. The minimum Gasteiger partial charge on any atom is -0.377 e. The summed E-state index contributed by atoms with van der Waals surface area (Å²) in [5.41, 5.74) is 0. The van der Waals surface area contributed by atoms with Gasteiger partial charge in [0.2, 0.25) is 0 Å². The predicted molar refractivity (Wildman–Crippen MR) is 79.3 cm³/mol. The van der Waals surface area contributed by atoms with Gasteiger partial charge in [0.15, 0.2) is 8.68 Å². The molecule has 7 heteroatoms. The lowest BCUT2D eigenvalue weighted by Crippen LogP contribution is -2.07. The van der Waals surface area contributed by atoms with Crippen molar-refractivity contribution in [2.75, 3.05) is 24.7 Å². The summed E-state index contributed by atoms with van der Waals surface area (Å²) in [6.45, 7) is 1.84. The topological polar surface area (TPSA) is 44.2 Å². The van der Waals surface area contributed by atoms with Gasteiger partial charge in [-0.3, -0.25) is 0 Å². The Kier molecular flexibility index (Phi) is 5.40. The van der Waals surface area contributed by atoms with Crippen molar-refractivity contribution < 1.29 is 9.47 Å². The molecule has 0 bridgehead atoms. The molecule has 0 amide bonds. The molecule has 3 rings (SSSR count). The van der Waals surface area contributed by atoms with Crippen molar-refractivity contribution in [2.45, 2.75) is 46.6 Å². The van der Waals surface area contributed by atoms with Crippen LogP contribution in [0.1, 0.15) is 25.7 Å². The van der Waals surface area contributed by atoms with Crippen molar-refractivity contribution in [3.05, 3.63) is 0 Å². The molecule has 2 atom stereocenters. The van der Waals surface area contributed by atoms with Gasteiger partial charge in [-0.2, -0.15) is 0 Å². The standard InChI is InChI=1S/C12H18N2O2S3/c1-3-9(15-5-1)7-17-11-13-14-12(19-11)18-8-10-4-2-6-16-10/h9-10H,1-8H2. The monoisotopic (exact) mass is 318 g/mol. The van der Waals surface area contributed by atoms with Gasteiger partial charge in [-0.15, -0.1) is 10.2 Å². The fourth-order valence-corrected chi connectivity index (χ4v) is 5.40. The molecule has 2 saturated heterocycles. The zero-order valence-corrected chi connectivity index (χ0v) is 13.2. The second-order valence-corrected chi connectivity index (χ2v) is 8.24. The smallest absolute Gasteiger partial charge is 0.175 e. The molecule has 1 aromatic heterocycles. The summed E-state index contributed by atoms with van der Waals surface area (Å²) >= 11 is 5.24. The van der Waals surface area contributed by atoms with Gasteiger partial charge in [-0.25, -0.2) is 0 Å². The lowest BCUT2D eigenvalue weighted by molar-refractivity contribution is 0.128. The first kappa shape index (κ1) is 14.1. The van der Waals surface area contributed by atoms with E-state index in [4.69, 9.17) is 9.47 Å². The van der Waals surface area contributed by atoms with Crippen LogP contribution in [0.3, 0.4) is 0 Å². The molecule has 0 saturated carbocycles. The molecule has 19 heavy (non-hydrogen) atoms. The van der Waals surface area contributed by atoms with E-state index in [1.807, 2.05) is 0 Å². The van der Waals surface area contributed by atoms with Gasteiger partial charge in [-0.1, -0.05) is 34.9 Å². The third-order valence-electron chi connectivity index (χ3n) is 3.22. The van der Waals surface area contributed by atoms with E-state index < -0.39 is 0 Å². The molecule has 2 aliphatic heterocycles. The second-order valence-electron chi connectivity index (χ2n) is 4.73. The molecule has 0 radical (unpaired) electrons. The summed E-state index contributed by atoms with van der Waals surface area (Å²) in [5.74, 6) is 2.01. The van der Waals surface area contributed by atoms with E-state index in [9.17, 15) is 0 Å². The second kappa shape index (κ2) is 7.26. The van der Waals surface area contributed by atoms with Gasteiger partial charge in [0.25, 0.3) is 0 Å². The molecule has 3 heterocycles. The van der Waals surface area contributed by atoms with Gasteiger partial charge in [0, 0.05) is 24.7 Å². The predicted octanol–water partition coefficient (Wildman–Crippen LogP) is 3.08. The van der Waals surface area contributed by atoms with Gasteiger partial charge >= 0.3 is 0 Å². The van der Waals surface area contributed by atoms with Crippen molar-refractivity contribution in [3.8, 4) is 0 Å². The SMILES string of the molecule is C1COC(CSc2nnc(SCC3CCCO3)s2)C1. The Morgan fingerprint density at radius 1 is 0.947 bits per heavy atom. The summed E-state index contributed by atoms with van der Waals surface area (Å²) < 4.78 is 13.3. The number of ether oxygens (including phenoxy) is 2. The van der Waals surface area contributed by atoms with Gasteiger partial charge in [0.05, 0.1) is 12.2 Å². The Balaban J connectivity index is 1.40. The van der Waals surface area contributed by atoms with Crippen molar-refractivity contribution >= 4 is 34.9 Å². The highest BCUT2D eigenvalue weighted by Gasteiger charge is 2.18. The van der Waals surface area contributed by atoms with Gasteiger partial charge < -0.3 is 9.47 Å². The van der Waals surface area contributed by atoms with E-state index in [1.165, 1.54) is 25.7 Å². The molecule has 2 fully saturated rings. The number of nitrogens with zero attached hydrogens (tertiary/aromatic N) is 2. The van der Waals surface area contributed by atoms with E-state index in [0.717, 1.165) is 33.4 Å². The van der Waals surface area contributed by atoms with E-state index in [0.29, 0.717) is 12.2 Å².